The van der Waals surface area contributed by atoms with Crippen LogP contribution in [-0.4, -0.2) is 15.6 Å². The molecule has 0 saturated carbocycles. The Hall–Kier alpha value is -2.69. The minimum atomic E-state index is -0.324. The maximum Gasteiger partial charge on any atom is 0.254 e. The van der Waals surface area contributed by atoms with Crippen LogP contribution in [0, 0.1) is 12.7 Å². The van der Waals surface area contributed by atoms with Gasteiger partial charge >= 0.3 is 0 Å². The van der Waals surface area contributed by atoms with Gasteiger partial charge in [-0.05, 0) is 48.2 Å². The highest BCUT2D eigenvalue weighted by molar-refractivity contribution is 7.27. The van der Waals surface area contributed by atoms with Crippen molar-refractivity contribution in [3.63, 3.8) is 0 Å². The van der Waals surface area contributed by atoms with Crippen LogP contribution in [0.25, 0.3) is 10.9 Å². The molecule has 148 valence electrons. The number of nitrogens with one attached hydrogen (secondary N) is 1. The summed E-state index contributed by atoms with van der Waals surface area (Å²) in [5.74, 6) is -0.466. The largest absolute Gasteiger partial charge is 0.508 e. The molecule has 0 saturated heterocycles. The van der Waals surface area contributed by atoms with E-state index in [1.54, 1.807) is 35.6 Å². The molecule has 0 radical (unpaired) electrons. The van der Waals surface area contributed by atoms with E-state index in [1.807, 2.05) is 24.4 Å². The summed E-state index contributed by atoms with van der Waals surface area (Å²) in [6, 6.07) is 14.0. The number of fused-ring (bicyclic) bond motifs is 1. The van der Waals surface area contributed by atoms with Crippen molar-refractivity contribution >= 4 is 42.7 Å². The highest BCUT2D eigenvalue weighted by Crippen LogP contribution is 2.30. The van der Waals surface area contributed by atoms with Gasteiger partial charge < -0.3 is 15.0 Å². The first-order chi connectivity index (χ1) is 13.9. The molecule has 4 aromatic rings. The van der Waals surface area contributed by atoms with Gasteiger partial charge in [-0.25, -0.2) is 4.39 Å². The Bertz CT molecular complexity index is 1200. The first-order valence-electron chi connectivity index (χ1n) is 9.10. The summed E-state index contributed by atoms with van der Waals surface area (Å²) in [5.41, 5.74) is 2.92. The van der Waals surface area contributed by atoms with Gasteiger partial charge in [-0.15, -0.1) is 20.6 Å². The van der Waals surface area contributed by atoms with Gasteiger partial charge in [0.2, 0.25) is 0 Å². The van der Waals surface area contributed by atoms with E-state index >= 15 is 0 Å². The molecule has 2 aromatic carbocycles. The van der Waals surface area contributed by atoms with Gasteiger partial charge in [0.25, 0.3) is 5.91 Å². The minimum Gasteiger partial charge on any atom is -0.508 e. The predicted molar refractivity (Wildman–Crippen MR) is 119 cm³/mol. The van der Waals surface area contributed by atoms with Crippen LogP contribution in [0.4, 0.5) is 4.39 Å². The summed E-state index contributed by atoms with van der Waals surface area (Å²) in [6.45, 7) is 2.78. The van der Waals surface area contributed by atoms with Gasteiger partial charge in [0.1, 0.15) is 11.6 Å². The molecule has 1 unspecified atom stereocenters. The number of aromatic hydroxyl groups is 1. The van der Waals surface area contributed by atoms with Crippen molar-refractivity contribution in [3.05, 3.63) is 81.4 Å². The normalized spacial score (nSPS) is 11.1. The molecule has 0 aliphatic carbocycles. The third-order valence-corrected chi connectivity index (χ3v) is 6.28. The van der Waals surface area contributed by atoms with Crippen LogP contribution in [0.1, 0.15) is 26.5 Å². The molecule has 0 aliphatic rings. The minimum absolute atomic E-state index is 0.109. The first-order valence-corrected chi connectivity index (χ1v) is 10.6. The lowest BCUT2D eigenvalue weighted by atomic mass is 10.1. The van der Waals surface area contributed by atoms with E-state index in [0.29, 0.717) is 28.4 Å². The summed E-state index contributed by atoms with van der Waals surface area (Å²) in [6.07, 6.45) is 0. The summed E-state index contributed by atoms with van der Waals surface area (Å²) in [5, 5.41) is 16.1. The number of thiophene rings is 1. The number of phenols is 1. The number of nitrogens with zero attached hydrogens (tertiary/aromatic N) is 1. The summed E-state index contributed by atoms with van der Waals surface area (Å²) >= 11 is 1.66. The van der Waals surface area contributed by atoms with E-state index in [-0.39, 0.29) is 24.0 Å². The zero-order valence-electron chi connectivity index (χ0n) is 15.8. The van der Waals surface area contributed by atoms with Crippen molar-refractivity contribution in [1.82, 2.24) is 9.88 Å². The standard InChI is InChI=1S/C22H20FN2O2PS/c1-13-21(22(27)24-11-14-4-7-20(28)18(23)9-14)17-10-15(26)5-6-19(17)25(13)12-16-3-2-8-29-16/h2-10,26H,11-12,28H2,1H3,(H,24,27). The van der Waals surface area contributed by atoms with Crippen molar-refractivity contribution in [3.8, 4) is 5.75 Å². The van der Waals surface area contributed by atoms with Crippen LogP contribution in [0.5, 0.6) is 5.75 Å². The van der Waals surface area contributed by atoms with Gasteiger partial charge in [-0.2, -0.15) is 0 Å². The first kappa shape index (κ1) is 19.6. The lowest BCUT2D eigenvalue weighted by Gasteiger charge is -2.09. The van der Waals surface area contributed by atoms with Gasteiger partial charge in [0, 0.05) is 33.3 Å². The Morgan fingerprint density at radius 2 is 2.07 bits per heavy atom. The number of phenolic OH excluding ortho intramolecular Hbond substituents is 1. The maximum absolute atomic E-state index is 13.8. The number of rotatable bonds is 5. The molecule has 1 amide bonds. The SMILES string of the molecule is Cc1c(C(=O)NCc2ccc(P)c(F)c2)c2cc(O)ccc2n1Cc1cccs1. The van der Waals surface area contributed by atoms with E-state index in [0.717, 1.165) is 11.2 Å². The number of amides is 1. The number of carbonyl (C=O) groups is 1. The Balaban J connectivity index is 1.68. The van der Waals surface area contributed by atoms with E-state index in [2.05, 4.69) is 25.2 Å². The number of hydrogen-bond donors (Lipinski definition) is 2. The fraction of sp³-hybridized carbons (Fsp3) is 0.136. The molecular weight excluding hydrogens is 406 g/mol. The third-order valence-electron chi connectivity index (χ3n) is 4.95. The molecule has 4 rings (SSSR count). The van der Waals surface area contributed by atoms with E-state index < -0.39 is 0 Å². The van der Waals surface area contributed by atoms with Crippen molar-refractivity contribution in [2.24, 2.45) is 0 Å². The predicted octanol–water partition coefficient (Wildman–Crippen LogP) is 4.33. The fourth-order valence-corrected chi connectivity index (χ4v) is 4.34. The molecular formula is C22H20FN2O2PS. The molecule has 0 aliphatic heterocycles. The highest BCUT2D eigenvalue weighted by Gasteiger charge is 2.20. The Labute approximate surface area is 174 Å². The van der Waals surface area contributed by atoms with Crippen molar-refractivity contribution in [1.29, 1.82) is 0 Å². The van der Waals surface area contributed by atoms with Crippen LogP contribution in [0.3, 0.4) is 0 Å². The molecule has 2 heterocycles. The van der Waals surface area contributed by atoms with Crippen LogP contribution in [0.2, 0.25) is 0 Å². The van der Waals surface area contributed by atoms with Crippen molar-refractivity contribution in [2.75, 3.05) is 0 Å². The van der Waals surface area contributed by atoms with Gasteiger partial charge in [-0.3, -0.25) is 4.79 Å². The Morgan fingerprint density at radius 1 is 1.24 bits per heavy atom. The zero-order valence-corrected chi connectivity index (χ0v) is 17.7. The van der Waals surface area contributed by atoms with Gasteiger partial charge in [0.05, 0.1) is 12.1 Å². The van der Waals surface area contributed by atoms with E-state index in [9.17, 15) is 14.3 Å². The van der Waals surface area contributed by atoms with Crippen LogP contribution in [-0.2, 0) is 13.1 Å². The van der Waals surface area contributed by atoms with Crippen LogP contribution < -0.4 is 10.6 Å². The molecule has 0 spiro atoms. The molecule has 2 aromatic heterocycles. The molecule has 29 heavy (non-hydrogen) atoms. The third kappa shape index (κ3) is 3.91. The Morgan fingerprint density at radius 3 is 2.79 bits per heavy atom. The van der Waals surface area contributed by atoms with Crippen molar-refractivity contribution in [2.45, 2.75) is 20.0 Å². The second-order valence-electron chi connectivity index (χ2n) is 6.87. The zero-order chi connectivity index (χ0) is 20.5. The lowest BCUT2D eigenvalue weighted by Crippen LogP contribution is -2.24. The topological polar surface area (TPSA) is 54.3 Å². The van der Waals surface area contributed by atoms with Crippen LogP contribution in [0.15, 0.2) is 53.9 Å². The average molecular weight is 426 g/mol. The molecule has 1 atom stereocenters. The van der Waals surface area contributed by atoms with Crippen molar-refractivity contribution < 1.29 is 14.3 Å². The molecule has 0 fully saturated rings. The second kappa shape index (κ2) is 7.97. The molecule has 4 nitrogen and oxygen atoms in total. The number of aromatic nitrogens is 1. The highest BCUT2D eigenvalue weighted by atomic mass is 32.1. The number of hydrogen-bond acceptors (Lipinski definition) is 3. The summed E-state index contributed by atoms with van der Waals surface area (Å²) < 4.78 is 15.8. The maximum atomic E-state index is 13.8. The molecule has 2 N–H and O–H groups in total. The second-order valence-corrected chi connectivity index (χ2v) is 8.52. The Kier molecular flexibility index (Phi) is 5.39. The fourth-order valence-electron chi connectivity index (χ4n) is 3.47. The van der Waals surface area contributed by atoms with E-state index in [1.165, 1.54) is 10.9 Å². The van der Waals surface area contributed by atoms with Crippen LogP contribution >= 0.6 is 20.6 Å². The lowest BCUT2D eigenvalue weighted by molar-refractivity contribution is 0.0951. The summed E-state index contributed by atoms with van der Waals surface area (Å²) in [4.78, 5) is 14.2. The molecule has 0 bridgehead atoms. The van der Waals surface area contributed by atoms with Gasteiger partial charge in [0.15, 0.2) is 0 Å². The van der Waals surface area contributed by atoms with Gasteiger partial charge in [-0.1, -0.05) is 18.2 Å². The monoisotopic (exact) mass is 426 g/mol. The smallest absolute Gasteiger partial charge is 0.254 e. The summed E-state index contributed by atoms with van der Waals surface area (Å²) in [7, 11) is 2.34. The average Bonchev–Trinajstić information content (AvgIpc) is 3.29. The quantitative estimate of drug-likeness (QED) is 0.467. The molecule has 7 heteroatoms. The number of carbonyl (C=O) groups excluding carboxylic acids is 1. The number of halogens is 1. The van der Waals surface area contributed by atoms with E-state index in [4.69, 9.17) is 0 Å². The number of benzene rings is 2.